The standard InChI is InChI=1S/C11H13N3O4S/c1-14(7-5-11(15)18-2)19(16,17)10-4-3-6-13-9(10)8-12/h3-4,6H,5,7H2,1-2H3. The Bertz CT molecular complexity index is 607. The highest BCUT2D eigenvalue weighted by molar-refractivity contribution is 7.89. The van der Waals surface area contributed by atoms with E-state index in [9.17, 15) is 13.2 Å². The van der Waals surface area contributed by atoms with Crippen LogP contribution in [-0.4, -0.2) is 44.4 Å². The van der Waals surface area contributed by atoms with E-state index in [-0.39, 0.29) is 23.6 Å². The third-order valence-electron chi connectivity index (χ3n) is 2.42. The van der Waals surface area contributed by atoms with E-state index in [0.717, 1.165) is 4.31 Å². The SMILES string of the molecule is COC(=O)CCN(C)S(=O)(=O)c1cccnc1C#N. The maximum absolute atomic E-state index is 12.2. The zero-order valence-electron chi connectivity index (χ0n) is 10.5. The van der Waals surface area contributed by atoms with Gasteiger partial charge >= 0.3 is 5.97 Å². The van der Waals surface area contributed by atoms with Crippen LogP contribution in [0.1, 0.15) is 12.1 Å². The van der Waals surface area contributed by atoms with Crippen molar-refractivity contribution in [3.05, 3.63) is 24.0 Å². The molecule has 0 aromatic carbocycles. The van der Waals surface area contributed by atoms with Crippen LogP contribution in [0.2, 0.25) is 0 Å². The van der Waals surface area contributed by atoms with Gasteiger partial charge in [-0.15, -0.1) is 0 Å². The van der Waals surface area contributed by atoms with Gasteiger partial charge in [0.25, 0.3) is 0 Å². The number of pyridine rings is 1. The highest BCUT2D eigenvalue weighted by Crippen LogP contribution is 2.16. The normalized spacial score (nSPS) is 11.1. The lowest BCUT2D eigenvalue weighted by Crippen LogP contribution is -2.30. The van der Waals surface area contributed by atoms with Crippen molar-refractivity contribution < 1.29 is 17.9 Å². The van der Waals surface area contributed by atoms with Crippen molar-refractivity contribution in [3.63, 3.8) is 0 Å². The van der Waals surface area contributed by atoms with Gasteiger partial charge in [-0.2, -0.15) is 5.26 Å². The molecule has 0 aliphatic rings. The molecule has 0 aliphatic carbocycles. The van der Waals surface area contributed by atoms with Crippen LogP contribution >= 0.6 is 0 Å². The fraction of sp³-hybridized carbons (Fsp3) is 0.364. The fourth-order valence-corrected chi connectivity index (χ4v) is 2.58. The molecule has 1 heterocycles. The zero-order valence-corrected chi connectivity index (χ0v) is 11.3. The fourth-order valence-electron chi connectivity index (χ4n) is 1.32. The molecule has 1 aromatic rings. The number of aromatic nitrogens is 1. The second kappa shape index (κ2) is 6.26. The number of hydrogen-bond donors (Lipinski definition) is 0. The summed E-state index contributed by atoms with van der Waals surface area (Å²) in [6.07, 6.45) is 1.28. The van der Waals surface area contributed by atoms with Gasteiger partial charge in [0.1, 0.15) is 11.0 Å². The first-order valence-electron chi connectivity index (χ1n) is 5.31. The van der Waals surface area contributed by atoms with Crippen molar-refractivity contribution in [2.24, 2.45) is 0 Å². The first kappa shape index (κ1) is 15.1. The minimum absolute atomic E-state index is 0.0330. The number of methoxy groups -OCH3 is 1. The van der Waals surface area contributed by atoms with Crippen LogP contribution in [0.5, 0.6) is 0 Å². The van der Waals surface area contributed by atoms with Gasteiger partial charge in [-0.05, 0) is 12.1 Å². The number of ether oxygens (including phenoxy) is 1. The second-order valence-electron chi connectivity index (χ2n) is 3.61. The molecule has 0 amide bonds. The molecule has 0 bridgehead atoms. The smallest absolute Gasteiger partial charge is 0.306 e. The summed E-state index contributed by atoms with van der Waals surface area (Å²) < 4.78 is 29.8. The third kappa shape index (κ3) is 3.49. The molecule has 0 atom stereocenters. The molecule has 19 heavy (non-hydrogen) atoms. The van der Waals surface area contributed by atoms with E-state index in [2.05, 4.69) is 9.72 Å². The van der Waals surface area contributed by atoms with Gasteiger partial charge in [0.2, 0.25) is 10.0 Å². The Morgan fingerprint density at radius 1 is 1.58 bits per heavy atom. The Kier molecular flexibility index (Phi) is 4.97. The number of esters is 1. The molecular formula is C11H13N3O4S. The average molecular weight is 283 g/mol. The Hall–Kier alpha value is -1.98. The Morgan fingerprint density at radius 3 is 2.84 bits per heavy atom. The molecule has 1 aromatic heterocycles. The van der Waals surface area contributed by atoms with E-state index >= 15 is 0 Å². The van der Waals surface area contributed by atoms with Crippen LogP contribution in [0.3, 0.4) is 0 Å². The van der Waals surface area contributed by atoms with Crippen molar-refractivity contribution >= 4 is 16.0 Å². The van der Waals surface area contributed by atoms with Gasteiger partial charge in [0.05, 0.1) is 13.5 Å². The molecule has 1 rings (SSSR count). The van der Waals surface area contributed by atoms with Gasteiger partial charge in [0, 0.05) is 19.8 Å². The number of nitriles is 1. The molecule has 0 N–H and O–H groups in total. The van der Waals surface area contributed by atoms with E-state index in [1.165, 1.54) is 32.5 Å². The van der Waals surface area contributed by atoms with Crippen molar-refractivity contribution in [3.8, 4) is 6.07 Å². The van der Waals surface area contributed by atoms with Gasteiger partial charge in [-0.3, -0.25) is 4.79 Å². The van der Waals surface area contributed by atoms with Crippen molar-refractivity contribution in [1.82, 2.24) is 9.29 Å². The maximum atomic E-state index is 12.2. The van der Waals surface area contributed by atoms with Gasteiger partial charge < -0.3 is 4.74 Å². The summed E-state index contributed by atoms with van der Waals surface area (Å²) in [7, 11) is -1.29. The first-order chi connectivity index (χ1) is 8.93. The average Bonchev–Trinajstić information content (AvgIpc) is 2.43. The molecular weight excluding hydrogens is 270 g/mol. The number of carbonyl (C=O) groups excluding carboxylic acids is 1. The van der Waals surface area contributed by atoms with Crippen LogP contribution in [0.15, 0.2) is 23.2 Å². The lowest BCUT2D eigenvalue weighted by Gasteiger charge is -2.16. The number of hydrogen-bond acceptors (Lipinski definition) is 6. The molecule has 0 radical (unpaired) electrons. The minimum Gasteiger partial charge on any atom is -0.469 e. The lowest BCUT2D eigenvalue weighted by atomic mass is 10.4. The topological polar surface area (TPSA) is 100 Å². The summed E-state index contributed by atoms with van der Waals surface area (Å²) in [4.78, 5) is 14.5. The summed E-state index contributed by atoms with van der Waals surface area (Å²) in [6, 6.07) is 4.46. The molecule has 0 saturated heterocycles. The number of nitrogens with zero attached hydrogens (tertiary/aromatic N) is 3. The van der Waals surface area contributed by atoms with Crippen molar-refractivity contribution in [1.29, 1.82) is 5.26 Å². The van der Waals surface area contributed by atoms with Crippen LogP contribution in [0.25, 0.3) is 0 Å². The third-order valence-corrected chi connectivity index (χ3v) is 4.31. The lowest BCUT2D eigenvalue weighted by molar-refractivity contribution is -0.140. The van der Waals surface area contributed by atoms with E-state index in [4.69, 9.17) is 5.26 Å². The summed E-state index contributed by atoms with van der Waals surface area (Å²) in [6.45, 7) is -0.0330. The van der Waals surface area contributed by atoms with Crippen LogP contribution < -0.4 is 0 Å². The Morgan fingerprint density at radius 2 is 2.26 bits per heavy atom. The molecule has 7 nitrogen and oxygen atoms in total. The van der Waals surface area contributed by atoms with Gasteiger partial charge in [0.15, 0.2) is 5.69 Å². The number of rotatable bonds is 5. The van der Waals surface area contributed by atoms with E-state index in [1.54, 1.807) is 6.07 Å². The van der Waals surface area contributed by atoms with Crippen LogP contribution in [0.4, 0.5) is 0 Å². The molecule has 0 spiro atoms. The largest absolute Gasteiger partial charge is 0.469 e. The molecule has 8 heteroatoms. The molecule has 0 unspecified atom stereocenters. The molecule has 102 valence electrons. The summed E-state index contributed by atoms with van der Waals surface area (Å²) in [5, 5.41) is 8.85. The van der Waals surface area contributed by atoms with Gasteiger partial charge in [-0.25, -0.2) is 17.7 Å². The van der Waals surface area contributed by atoms with E-state index < -0.39 is 16.0 Å². The summed E-state index contributed by atoms with van der Waals surface area (Å²) >= 11 is 0. The first-order valence-corrected chi connectivity index (χ1v) is 6.75. The van der Waals surface area contributed by atoms with Crippen molar-refractivity contribution in [2.45, 2.75) is 11.3 Å². The van der Waals surface area contributed by atoms with Crippen LogP contribution in [0, 0.1) is 11.3 Å². The van der Waals surface area contributed by atoms with E-state index in [1.807, 2.05) is 0 Å². The van der Waals surface area contributed by atoms with Gasteiger partial charge in [-0.1, -0.05) is 0 Å². The summed E-state index contributed by atoms with van der Waals surface area (Å²) in [5.41, 5.74) is -0.174. The monoisotopic (exact) mass is 283 g/mol. The molecule has 0 fully saturated rings. The highest BCUT2D eigenvalue weighted by atomic mass is 32.2. The Balaban J connectivity index is 2.98. The zero-order chi connectivity index (χ0) is 14.5. The number of carbonyl (C=O) groups is 1. The highest BCUT2D eigenvalue weighted by Gasteiger charge is 2.24. The maximum Gasteiger partial charge on any atom is 0.306 e. The van der Waals surface area contributed by atoms with E-state index in [0.29, 0.717) is 0 Å². The minimum atomic E-state index is -3.85. The quantitative estimate of drug-likeness (QED) is 0.712. The Labute approximate surface area is 111 Å². The summed E-state index contributed by atoms with van der Waals surface area (Å²) in [5.74, 6) is -0.506. The number of sulfonamides is 1. The van der Waals surface area contributed by atoms with Crippen LogP contribution in [-0.2, 0) is 19.6 Å². The predicted octanol–water partition coefficient (Wildman–Crippen LogP) is 0.137. The second-order valence-corrected chi connectivity index (χ2v) is 5.63. The van der Waals surface area contributed by atoms with Crippen molar-refractivity contribution in [2.75, 3.05) is 20.7 Å². The molecule has 0 saturated carbocycles. The molecule has 0 aliphatic heterocycles. The predicted molar refractivity (Wildman–Crippen MR) is 65.4 cm³/mol.